The summed E-state index contributed by atoms with van der Waals surface area (Å²) in [6.45, 7) is 0.464. The first-order valence-electron chi connectivity index (χ1n) is 4.93. The Bertz CT molecular complexity index is 397. The predicted molar refractivity (Wildman–Crippen MR) is 57.1 cm³/mol. The fourth-order valence-corrected chi connectivity index (χ4v) is 1.29. The molecule has 1 aromatic carbocycles. The highest BCUT2D eigenvalue weighted by Crippen LogP contribution is 2.32. The minimum Gasteiger partial charge on any atom is -0.468 e. The Morgan fingerprint density at radius 2 is 1.94 bits per heavy atom. The first kappa shape index (κ1) is 13.3. The monoisotopic (exact) mass is 244 g/mol. The highest BCUT2D eigenvalue weighted by molar-refractivity contribution is 5.54. The van der Waals surface area contributed by atoms with Gasteiger partial charge >= 0.3 is 6.18 Å². The average Bonchev–Trinajstić information content (AvgIpc) is 2.28. The Morgan fingerprint density at radius 3 is 2.59 bits per heavy atom. The minimum atomic E-state index is -4.36. The summed E-state index contributed by atoms with van der Waals surface area (Å²) in [5.41, 5.74) is -0.571. The number of hydrogen-bond donors (Lipinski definition) is 0. The molecule has 17 heavy (non-hydrogen) atoms. The van der Waals surface area contributed by atoms with Gasteiger partial charge in [-0.1, -0.05) is 30.4 Å². The molecule has 1 aromatic rings. The minimum absolute atomic E-state index is 0.103. The molecular weight excluding hydrogens is 233 g/mol. The van der Waals surface area contributed by atoms with Crippen molar-refractivity contribution in [3.63, 3.8) is 0 Å². The third-order valence-electron chi connectivity index (χ3n) is 2.03. The van der Waals surface area contributed by atoms with Crippen LogP contribution in [0, 0.1) is 0 Å². The summed E-state index contributed by atoms with van der Waals surface area (Å²) in [6, 6.07) is 5.30. The number of halogens is 3. The first-order chi connectivity index (χ1) is 8.05. The molecule has 0 aliphatic heterocycles. The van der Waals surface area contributed by atoms with Crippen LogP contribution in [0.15, 0.2) is 30.3 Å². The van der Waals surface area contributed by atoms with Crippen LogP contribution < -0.4 is 0 Å². The van der Waals surface area contributed by atoms with E-state index >= 15 is 0 Å². The van der Waals surface area contributed by atoms with Crippen molar-refractivity contribution in [1.82, 2.24) is 0 Å². The zero-order valence-corrected chi connectivity index (χ0v) is 8.91. The van der Waals surface area contributed by atoms with Crippen LogP contribution in [0.5, 0.6) is 0 Å². The van der Waals surface area contributed by atoms with Gasteiger partial charge in [0, 0.05) is 0 Å². The molecule has 0 unspecified atom stereocenters. The number of hydrogen-bond acceptors (Lipinski definition) is 2. The zero-order valence-electron chi connectivity index (χ0n) is 8.91. The first-order valence-corrected chi connectivity index (χ1v) is 4.93. The molecule has 0 saturated heterocycles. The summed E-state index contributed by atoms with van der Waals surface area (Å²) in [6.07, 6.45) is -1.07. The van der Waals surface area contributed by atoms with Crippen LogP contribution in [-0.2, 0) is 15.7 Å². The number of alkyl halides is 3. The lowest BCUT2D eigenvalue weighted by Gasteiger charge is -2.09. The Morgan fingerprint density at radius 1 is 1.24 bits per heavy atom. The molecule has 0 amide bonds. The van der Waals surface area contributed by atoms with Gasteiger partial charge in [-0.3, -0.25) is 4.79 Å². The SMILES string of the molecule is O=COCC/C=C/c1ccccc1C(F)(F)F. The molecule has 0 aromatic heterocycles. The van der Waals surface area contributed by atoms with Gasteiger partial charge in [-0.05, 0) is 18.1 Å². The molecule has 0 bridgehead atoms. The highest BCUT2D eigenvalue weighted by atomic mass is 19.4. The van der Waals surface area contributed by atoms with Gasteiger partial charge in [0.1, 0.15) is 0 Å². The smallest absolute Gasteiger partial charge is 0.416 e. The summed E-state index contributed by atoms with van der Waals surface area (Å²) in [5, 5.41) is 0. The van der Waals surface area contributed by atoms with E-state index in [2.05, 4.69) is 4.74 Å². The van der Waals surface area contributed by atoms with Gasteiger partial charge in [0.15, 0.2) is 0 Å². The van der Waals surface area contributed by atoms with Gasteiger partial charge in [0.25, 0.3) is 6.47 Å². The molecule has 0 aliphatic rings. The third-order valence-corrected chi connectivity index (χ3v) is 2.03. The Labute approximate surface area is 96.7 Å². The summed E-state index contributed by atoms with van der Waals surface area (Å²) >= 11 is 0. The van der Waals surface area contributed by atoms with Crippen molar-refractivity contribution < 1.29 is 22.7 Å². The van der Waals surface area contributed by atoms with Crippen molar-refractivity contribution in [2.75, 3.05) is 6.61 Å². The summed E-state index contributed by atoms with van der Waals surface area (Å²) < 4.78 is 42.1. The van der Waals surface area contributed by atoms with Crippen molar-refractivity contribution >= 4 is 12.5 Å². The number of benzene rings is 1. The van der Waals surface area contributed by atoms with E-state index in [9.17, 15) is 18.0 Å². The van der Waals surface area contributed by atoms with Gasteiger partial charge in [-0.25, -0.2) is 0 Å². The van der Waals surface area contributed by atoms with Gasteiger partial charge in [0.05, 0.1) is 12.2 Å². The quantitative estimate of drug-likeness (QED) is 0.587. The lowest BCUT2D eigenvalue weighted by Crippen LogP contribution is -2.06. The molecule has 1 rings (SSSR count). The molecule has 0 aliphatic carbocycles. The van der Waals surface area contributed by atoms with Crippen molar-refractivity contribution in [3.05, 3.63) is 41.5 Å². The van der Waals surface area contributed by atoms with E-state index in [0.29, 0.717) is 12.9 Å². The van der Waals surface area contributed by atoms with Crippen molar-refractivity contribution in [2.24, 2.45) is 0 Å². The predicted octanol–water partition coefficient (Wildman–Crippen LogP) is 3.28. The zero-order chi connectivity index (χ0) is 12.7. The molecule has 0 radical (unpaired) electrons. The van der Waals surface area contributed by atoms with E-state index in [1.165, 1.54) is 30.4 Å². The maximum atomic E-state index is 12.6. The number of ether oxygens (including phenoxy) is 1. The van der Waals surface area contributed by atoms with E-state index in [1.54, 1.807) is 0 Å². The molecule has 0 atom stereocenters. The molecule has 0 spiro atoms. The Hall–Kier alpha value is -1.78. The lowest BCUT2D eigenvalue weighted by molar-refractivity contribution is -0.137. The maximum absolute atomic E-state index is 12.6. The highest BCUT2D eigenvalue weighted by Gasteiger charge is 2.32. The molecule has 0 heterocycles. The van der Waals surface area contributed by atoms with Gasteiger partial charge in [0.2, 0.25) is 0 Å². The van der Waals surface area contributed by atoms with Crippen LogP contribution in [0.1, 0.15) is 17.5 Å². The van der Waals surface area contributed by atoms with E-state index in [1.807, 2.05) is 0 Å². The second-order valence-electron chi connectivity index (χ2n) is 3.24. The van der Waals surface area contributed by atoms with Gasteiger partial charge in [-0.15, -0.1) is 0 Å². The second-order valence-corrected chi connectivity index (χ2v) is 3.24. The van der Waals surface area contributed by atoms with E-state index in [0.717, 1.165) is 6.07 Å². The van der Waals surface area contributed by atoms with Crippen molar-refractivity contribution in [3.8, 4) is 0 Å². The molecule has 5 heteroatoms. The normalized spacial score (nSPS) is 11.7. The lowest BCUT2D eigenvalue weighted by atomic mass is 10.1. The molecule has 2 nitrogen and oxygen atoms in total. The molecule has 0 N–H and O–H groups in total. The molecule has 92 valence electrons. The van der Waals surface area contributed by atoms with Crippen LogP contribution >= 0.6 is 0 Å². The van der Waals surface area contributed by atoms with Crippen LogP contribution in [-0.4, -0.2) is 13.1 Å². The Balaban J connectivity index is 2.74. The van der Waals surface area contributed by atoms with Crippen molar-refractivity contribution in [1.29, 1.82) is 0 Å². The van der Waals surface area contributed by atoms with Gasteiger partial charge in [-0.2, -0.15) is 13.2 Å². The molecular formula is C12H11F3O2. The summed E-state index contributed by atoms with van der Waals surface area (Å²) in [7, 11) is 0. The fraction of sp³-hybridized carbons (Fsp3) is 0.250. The van der Waals surface area contributed by atoms with Crippen LogP contribution in [0.3, 0.4) is 0 Å². The van der Waals surface area contributed by atoms with E-state index in [4.69, 9.17) is 0 Å². The van der Waals surface area contributed by atoms with E-state index in [-0.39, 0.29) is 12.2 Å². The molecule has 0 saturated carbocycles. The Kier molecular flexibility index (Phi) is 4.75. The summed E-state index contributed by atoms with van der Waals surface area (Å²) in [5.74, 6) is 0. The second kappa shape index (κ2) is 6.08. The standard InChI is InChI=1S/C12H11F3O2/c13-12(14,15)11-7-2-1-5-10(11)6-3-4-8-17-9-16/h1-3,5-7,9H,4,8H2/b6-3+. The van der Waals surface area contributed by atoms with Crippen LogP contribution in [0.25, 0.3) is 6.08 Å². The summed E-state index contributed by atoms with van der Waals surface area (Å²) in [4.78, 5) is 9.83. The topological polar surface area (TPSA) is 26.3 Å². The fourth-order valence-electron chi connectivity index (χ4n) is 1.29. The number of carbonyl (C=O) groups is 1. The number of carbonyl (C=O) groups excluding carboxylic acids is 1. The van der Waals surface area contributed by atoms with Crippen molar-refractivity contribution in [2.45, 2.75) is 12.6 Å². The number of rotatable bonds is 5. The van der Waals surface area contributed by atoms with Crippen LogP contribution in [0.4, 0.5) is 13.2 Å². The largest absolute Gasteiger partial charge is 0.468 e. The van der Waals surface area contributed by atoms with Crippen LogP contribution in [0.2, 0.25) is 0 Å². The average molecular weight is 244 g/mol. The third kappa shape index (κ3) is 4.30. The molecule has 0 fully saturated rings. The maximum Gasteiger partial charge on any atom is 0.416 e. The van der Waals surface area contributed by atoms with E-state index < -0.39 is 11.7 Å². The van der Waals surface area contributed by atoms with Gasteiger partial charge < -0.3 is 4.74 Å².